The van der Waals surface area contributed by atoms with Crippen LogP contribution in [0.5, 0.6) is 0 Å². The zero-order valence-electron chi connectivity index (χ0n) is 15.0. The van der Waals surface area contributed by atoms with Gasteiger partial charge in [-0.15, -0.1) is 5.10 Å². The number of hydrogen-bond donors (Lipinski definition) is 2. The van der Waals surface area contributed by atoms with Crippen molar-refractivity contribution in [1.29, 1.82) is 0 Å². The highest BCUT2D eigenvalue weighted by molar-refractivity contribution is 6.35. The average molecular weight is 447 g/mol. The SMILES string of the molecule is CC(=O)OC[C@@H]1O[C@@H](n2cc3c(Cl)nc(Cl)nc3n2)[C@H](CC(=O)O)[C@H]1CC(=O)O. The number of ether oxygens (including phenoxy) is 2. The first-order valence-corrected chi connectivity index (χ1v) is 9.21. The Hall–Kier alpha value is -2.50. The zero-order chi connectivity index (χ0) is 21.3. The summed E-state index contributed by atoms with van der Waals surface area (Å²) in [6.45, 7) is 0.991. The number of esters is 1. The lowest BCUT2D eigenvalue weighted by atomic mass is 9.84. The Morgan fingerprint density at radius 1 is 1.17 bits per heavy atom. The van der Waals surface area contributed by atoms with Crippen molar-refractivity contribution in [2.75, 3.05) is 6.61 Å². The molecule has 2 aromatic rings. The van der Waals surface area contributed by atoms with Gasteiger partial charge in [0.25, 0.3) is 0 Å². The second-order valence-corrected chi connectivity index (χ2v) is 7.22. The van der Waals surface area contributed by atoms with Crippen LogP contribution in [0.3, 0.4) is 0 Å². The van der Waals surface area contributed by atoms with E-state index in [0.717, 1.165) is 0 Å². The van der Waals surface area contributed by atoms with Crippen LogP contribution in [-0.2, 0) is 23.9 Å². The Morgan fingerprint density at radius 3 is 2.45 bits per heavy atom. The summed E-state index contributed by atoms with van der Waals surface area (Å²) < 4.78 is 12.2. The van der Waals surface area contributed by atoms with Crippen molar-refractivity contribution in [2.24, 2.45) is 11.8 Å². The van der Waals surface area contributed by atoms with Crippen LogP contribution in [0.25, 0.3) is 11.0 Å². The lowest BCUT2D eigenvalue weighted by Crippen LogP contribution is -2.29. The Kier molecular flexibility index (Phi) is 6.20. The van der Waals surface area contributed by atoms with Crippen molar-refractivity contribution < 1.29 is 34.1 Å². The number of carboxylic acids is 2. The van der Waals surface area contributed by atoms with Gasteiger partial charge < -0.3 is 19.7 Å². The van der Waals surface area contributed by atoms with Crippen molar-refractivity contribution in [3.05, 3.63) is 16.6 Å². The number of hydrogen-bond acceptors (Lipinski definition) is 8. The standard InChI is InChI=1S/C16H16Cl2N4O7/c1-6(23)28-5-10-7(2-11(24)25)8(3-12(26)27)15(29-10)22-4-9-13(17)19-16(18)20-14(9)21-22/h4,7-8,10,15H,2-3,5H2,1H3,(H,24,25)(H,26,27)/t7-,8-,10+,15-/m1/s1. The third kappa shape index (κ3) is 4.74. The number of carbonyl (C=O) groups is 3. The third-order valence-electron chi connectivity index (χ3n) is 4.56. The largest absolute Gasteiger partial charge is 0.481 e. The highest BCUT2D eigenvalue weighted by Gasteiger charge is 2.48. The molecule has 156 valence electrons. The average Bonchev–Trinajstić information content (AvgIpc) is 3.15. The number of aromatic nitrogens is 4. The Morgan fingerprint density at radius 2 is 1.83 bits per heavy atom. The van der Waals surface area contributed by atoms with Crippen LogP contribution in [0, 0.1) is 11.8 Å². The van der Waals surface area contributed by atoms with Crippen LogP contribution in [0.15, 0.2) is 6.20 Å². The Bertz CT molecular complexity index is 966. The molecule has 3 heterocycles. The lowest BCUT2D eigenvalue weighted by molar-refractivity contribution is -0.147. The van der Waals surface area contributed by atoms with Crippen LogP contribution in [-0.4, -0.2) is 60.6 Å². The van der Waals surface area contributed by atoms with Gasteiger partial charge in [0.05, 0.1) is 24.3 Å². The molecule has 0 spiro atoms. The number of aliphatic carboxylic acids is 2. The number of rotatable bonds is 7. The fraction of sp³-hybridized carbons (Fsp3) is 0.500. The first-order chi connectivity index (χ1) is 13.7. The molecule has 1 aliphatic heterocycles. The van der Waals surface area contributed by atoms with Gasteiger partial charge in [-0.2, -0.15) is 4.98 Å². The molecule has 1 aliphatic rings. The molecule has 4 atom stereocenters. The van der Waals surface area contributed by atoms with E-state index < -0.39 is 42.1 Å². The summed E-state index contributed by atoms with van der Waals surface area (Å²) in [6.07, 6.45) is -1.05. The molecular formula is C16H16Cl2N4O7. The van der Waals surface area contributed by atoms with Crippen LogP contribution in [0.1, 0.15) is 26.0 Å². The second kappa shape index (κ2) is 8.47. The first-order valence-electron chi connectivity index (χ1n) is 8.46. The summed E-state index contributed by atoms with van der Waals surface area (Å²) in [5.41, 5.74) is 0.172. The predicted molar refractivity (Wildman–Crippen MR) is 97.4 cm³/mol. The second-order valence-electron chi connectivity index (χ2n) is 6.52. The summed E-state index contributed by atoms with van der Waals surface area (Å²) in [5, 5.41) is 23.2. The van der Waals surface area contributed by atoms with Crippen molar-refractivity contribution >= 4 is 52.1 Å². The van der Waals surface area contributed by atoms with Crippen molar-refractivity contribution in [2.45, 2.75) is 32.1 Å². The smallest absolute Gasteiger partial charge is 0.303 e. The zero-order valence-corrected chi connectivity index (χ0v) is 16.5. The van der Waals surface area contributed by atoms with Crippen molar-refractivity contribution in [3.63, 3.8) is 0 Å². The van der Waals surface area contributed by atoms with E-state index in [2.05, 4.69) is 15.1 Å². The van der Waals surface area contributed by atoms with E-state index in [1.54, 1.807) is 0 Å². The number of carbonyl (C=O) groups excluding carboxylic acids is 1. The molecule has 0 aromatic carbocycles. The molecule has 29 heavy (non-hydrogen) atoms. The van der Waals surface area contributed by atoms with Gasteiger partial charge in [-0.3, -0.25) is 14.4 Å². The normalized spacial score (nSPS) is 24.0. The molecule has 0 amide bonds. The van der Waals surface area contributed by atoms with Gasteiger partial charge in [-0.05, 0) is 11.6 Å². The molecular weight excluding hydrogens is 431 g/mol. The van der Waals surface area contributed by atoms with Crippen molar-refractivity contribution in [3.8, 4) is 0 Å². The third-order valence-corrected chi connectivity index (χ3v) is 5.02. The number of nitrogens with zero attached hydrogens (tertiary/aromatic N) is 4. The predicted octanol–water partition coefficient (Wildman–Crippen LogP) is 1.78. The highest BCUT2D eigenvalue weighted by Crippen LogP contribution is 2.43. The minimum atomic E-state index is -1.13. The first kappa shape index (κ1) is 21.2. The van der Waals surface area contributed by atoms with Gasteiger partial charge in [0.2, 0.25) is 5.28 Å². The van der Waals surface area contributed by atoms with Crippen LogP contribution in [0.2, 0.25) is 10.4 Å². The molecule has 2 aromatic heterocycles. The summed E-state index contributed by atoms with van der Waals surface area (Å²) in [6, 6.07) is 0. The maximum absolute atomic E-state index is 11.4. The van der Waals surface area contributed by atoms with Crippen LogP contribution >= 0.6 is 23.2 Å². The van der Waals surface area contributed by atoms with Crippen LogP contribution in [0.4, 0.5) is 0 Å². The quantitative estimate of drug-likeness (QED) is 0.365. The van der Waals surface area contributed by atoms with E-state index in [4.69, 9.17) is 32.7 Å². The van der Waals surface area contributed by atoms with E-state index in [0.29, 0.717) is 5.39 Å². The fourth-order valence-electron chi connectivity index (χ4n) is 3.42. The van der Waals surface area contributed by atoms with Gasteiger partial charge in [-0.25, -0.2) is 9.67 Å². The number of halogens is 2. The molecule has 0 radical (unpaired) electrons. The lowest BCUT2D eigenvalue weighted by Gasteiger charge is -2.21. The molecule has 13 heteroatoms. The molecule has 0 aliphatic carbocycles. The van der Waals surface area contributed by atoms with Gasteiger partial charge >= 0.3 is 17.9 Å². The van der Waals surface area contributed by atoms with Crippen molar-refractivity contribution in [1.82, 2.24) is 19.7 Å². The van der Waals surface area contributed by atoms with E-state index in [1.165, 1.54) is 17.8 Å². The Labute approximate surface area is 173 Å². The summed E-state index contributed by atoms with van der Waals surface area (Å²) in [5.74, 6) is -4.33. The molecule has 0 bridgehead atoms. The monoisotopic (exact) mass is 446 g/mol. The maximum atomic E-state index is 11.4. The van der Waals surface area contributed by atoms with E-state index in [-0.39, 0.29) is 35.5 Å². The summed E-state index contributed by atoms with van der Waals surface area (Å²) >= 11 is 11.8. The molecule has 11 nitrogen and oxygen atoms in total. The molecule has 1 saturated heterocycles. The minimum Gasteiger partial charge on any atom is -0.481 e. The summed E-state index contributed by atoms with van der Waals surface area (Å²) in [4.78, 5) is 41.7. The minimum absolute atomic E-state index is 0.0533. The van der Waals surface area contributed by atoms with Gasteiger partial charge in [0, 0.05) is 25.0 Å². The van der Waals surface area contributed by atoms with Gasteiger partial charge in [0.15, 0.2) is 11.9 Å². The Balaban J connectivity index is 2.00. The molecule has 0 unspecified atom stereocenters. The van der Waals surface area contributed by atoms with Gasteiger partial charge in [-0.1, -0.05) is 11.6 Å². The summed E-state index contributed by atoms with van der Waals surface area (Å²) in [7, 11) is 0. The van der Waals surface area contributed by atoms with E-state index in [1.807, 2.05) is 0 Å². The number of fused-ring (bicyclic) bond motifs is 1. The molecule has 3 rings (SSSR count). The topological polar surface area (TPSA) is 154 Å². The highest BCUT2D eigenvalue weighted by atomic mass is 35.5. The maximum Gasteiger partial charge on any atom is 0.303 e. The fourth-order valence-corrected chi connectivity index (χ4v) is 3.84. The van der Waals surface area contributed by atoms with E-state index >= 15 is 0 Å². The molecule has 2 N–H and O–H groups in total. The number of carboxylic acid groups (broad SMARTS) is 2. The van der Waals surface area contributed by atoms with Crippen LogP contribution < -0.4 is 0 Å². The molecule has 0 saturated carbocycles. The van der Waals surface area contributed by atoms with Gasteiger partial charge in [0.1, 0.15) is 11.8 Å². The molecule has 1 fully saturated rings. The van der Waals surface area contributed by atoms with E-state index in [9.17, 15) is 24.6 Å².